The molecule has 2 N–H and O–H groups in total. The highest BCUT2D eigenvalue weighted by Gasteiger charge is 2.36. The molecule has 2 rings (SSSR count). The molecule has 0 spiro atoms. The summed E-state index contributed by atoms with van der Waals surface area (Å²) in [6, 6.07) is 6.42. The van der Waals surface area contributed by atoms with E-state index in [0.717, 1.165) is 4.47 Å². The zero-order valence-electron chi connectivity index (χ0n) is 13.2. The number of benzene rings is 1. The minimum absolute atomic E-state index is 0.134. The van der Waals surface area contributed by atoms with Crippen LogP contribution in [0.4, 0.5) is 0 Å². The highest BCUT2D eigenvalue weighted by atomic mass is 79.9. The molecule has 1 fully saturated rings. The van der Waals surface area contributed by atoms with Gasteiger partial charge in [0.15, 0.2) is 0 Å². The maximum absolute atomic E-state index is 12.4. The second-order valence-electron chi connectivity index (χ2n) is 5.58. The molecule has 1 aliphatic heterocycles. The van der Waals surface area contributed by atoms with Gasteiger partial charge in [-0.15, -0.1) is 0 Å². The molecule has 2 atom stereocenters. The molecule has 1 heterocycles. The molecule has 0 aliphatic carbocycles. The number of hydrogen-bond donors (Lipinski definition) is 2. The second-order valence-corrected chi connectivity index (χ2v) is 6.50. The Bertz CT molecular complexity index is 637. The SMILES string of the molecule is COC1CC(CC(=O)O)N(C(=O)CNC(=O)c2cccc(Br)c2)C1. The summed E-state index contributed by atoms with van der Waals surface area (Å²) in [5.74, 6) is -1.64. The van der Waals surface area contributed by atoms with Crippen LogP contribution in [0.1, 0.15) is 23.2 Å². The lowest BCUT2D eigenvalue weighted by atomic mass is 10.1. The predicted molar refractivity (Wildman–Crippen MR) is 89.6 cm³/mol. The number of carboxylic acid groups (broad SMARTS) is 1. The van der Waals surface area contributed by atoms with E-state index in [1.54, 1.807) is 24.3 Å². The average Bonchev–Trinajstić information content (AvgIpc) is 2.94. The minimum Gasteiger partial charge on any atom is -0.481 e. The minimum atomic E-state index is -0.965. The number of rotatable bonds is 6. The Morgan fingerprint density at radius 1 is 1.42 bits per heavy atom. The number of halogens is 1. The van der Waals surface area contributed by atoms with E-state index in [4.69, 9.17) is 9.84 Å². The fourth-order valence-electron chi connectivity index (χ4n) is 2.73. The molecule has 1 aromatic carbocycles. The Morgan fingerprint density at radius 3 is 2.79 bits per heavy atom. The lowest BCUT2D eigenvalue weighted by molar-refractivity contribution is -0.139. The third kappa shape index (κ3) is 4.78. The maximum Gasteiger partial charge on any atom is 0.305 e. The number of likely N-dealkylation sites (tertiary alicyclic amines) is 1. The van der Waals surface area contributed by atoms with Crippen LogP contribution in [0, 0.1) is 0 Å². The van der Waals surface area contributed by atoms with Crippen LogP contribution in [0.5, 0.6) is 0 Å². The van der Waals surface area contributed by atoms with Gasteiger partial charge in [0.2, 0.25) is 5.91 Å². The Morgan fingerprint density at radius 2 is 2.17 bits per heavy atom. The number of hydrogen-bond acceptors (Lipinski definition) is 4. The molecule has 2 amide bonds. The largest absolute Gasteiger partial charge is 0.481 e. The first kappa shape index (κ1) is 18.4. The first-order valence-electron chi connectivity index (χ1n) is 7.48. The normalized spacial score (nSPS) is 20.0. The van der Waals surface area contributed by atoms with Gasteiger partial charge in [-0.3, -0.25) is 14.4 Å². The molecule has 0 bridgehead atoms. The van der Waals surface area contributed by atoms with Crippen molar-refractivity contribution in [1.29, 1.82) is 0 Å². The summed E-state index contributed by atoms with van der Waals surface area (Å²) in [6.45, 7) is 0.151. The zero-order valence-corrected chi connectivity index (χ0v) is 14.8. The third-order valence-corrected chi connectivity index (χ3v) is 4.42. The van der Waals surface area contributed by atoms with Crippen molar-refractivity contribution in [1.82, 2.24) is 10.2 Å². The summed E-state index contributed by atoms with van der Waals surface area (Å²) in [7, 11) is 1.53. The van der Waals surface area contributed by atoms with E-state index >= 15 is 0 Å². The van der Waals surface area contributed by atoms with E-state index in [1.165, 1.54) is 12.0 Å². The fourth-order valence-corrected chi connectivity index (χ4v) is 3.13. The molecule has 8 heteroatoms. The van der Waals surface area contributed by atoms with Crippen molar-refractivity contribution in [2.24, 2.45) is 0 Å². The number of methoxy groups -OCH3 is 1. The molecule has 1 saturated heterocycles. The first-order valence-corrected chi connectivity index (χ1v) is 8.27. The van der Waals surface area contributed by atoms with Crippen LogP contribution in [-0.2, 0) is 14.3 Å². The summed E-state index contributed by atoms with van der Waals surface area (Å²) >= 11 is 3.28. The monoisotopic (exact) mass is 398 g/mol. The van der Waals surface area contributed by atoms with Crippen molar-refractivity contribution in [3.63, 3.8) is 0 Å². The van der Waals surface area contributed by atoms with Crippen LogP contribution < -0.4 is 5.32 Å². The molecule has 2 unspecified atom stereocenters. The molecule has 24 heavy (non-hydrogen) atoms. The van der Waals surface area contributed by atoms with Crippen molar-refractivity contribution in [3.05, 3.63) is 34.3 Å². The van der Waals surface area contributed by atoms with E-state index in [-0.39, 0.29) is 30.9 Å². The maximum atomic E-state index is 12.4. The summed E-state index contributed by atoms with van der Waals surface area (Å²) in [5.41, 5.74) is 0.440. The van der Waals surface area contributed by atoms with Gasteiger partial charge in [0, 0.05) is 29.7 Å². The quantitative estimate of drug-likeness (QED) is 0.751. The van der Waals surface area contributed by atoms with E-state index in [9.17, 15) is 14.4 Å². The van der Waals surface area contributed by atoms with Gasteiger partial charge < -0.3 is 20.1 Å². The molecular formula is C16H19BrN2O5. The highest BCUT2D eigenvalue weighted by Crippen LogP contribution is 2.22. The topological polar surface area (TPSA) is 95.9 Å². The molecule has 0 saturated carbocycles. The number of carboxylic acids is 1. The number of nitrogens with zero attached hydrogens (tertiary/aromatic N) is 1. The van der Waals surface area contributed by atoms with Crippen LogP contribution in [0.25, 0.3) is 0 Å². The number of amides is 2. The fraction of sp³-hybridized carbons (Fsp3) is 0.438. The van der Waals surface area contributed by atoms with Gasteiger partial charge in [-0.25, -0.2) is 0 Å². The lowest BCUT2D eigenvalue weighted by Crippen LogP contribution is -2.43. The van der Waals surface area contributed by atoms with Gasteiger partial charge in [-0.2, -0.15) is 0 Å². The van der Waals surface area contributed by atoms with Crippen LogP contribution >= 0.6 is 15.9 Å². The van der Waals surface area contributed by atoms with E-state index in [2.05, 4.69) is 21.2 Å². The average molecular weight is 399 g/mol. The third-order valence-electron chi connectivity index (χ3n) is 3.93. The smallest absolute Gasteiger partial charge is 0.305 e. The molecule has 1 aliphatic rings. The Labute approximate surface area is 148 Å². The van der Waals surface area contributed by atoms with E-state index in [1.807, 2.05) is 0 Å². The first-order chi connectivity index (χ1) is 11.4. The van der Waals surface area contributed by atoms with Crippen molar-refractivity contribution >= 4 is 33.7 Å². The highest BCUT2D eigenvalue weighted by molar-refractivity contribution is 9.10. The standard InChI is InChI=1S/C16H19BrN2O5/c1-24-13-6-12(7-15(21)22)19(9-13)14(20)8-18-16(23)10-3-2-4-11(17)5-10/h2-5,12-13H,6-9H2,1H3,(H,18,23)(H,21,22). The Hall–Kier alpha value is -1.93. The van der Waals surface area contributed by atoms with Crippen molar-refractivity contribution in [3.8, 4) is 0 Å². The molecule has 0 aromatic heterocycles. The van der Waals surface area contributed by atoms with E-state index in [0.29, 0.717) is 18.5 Å². The molecule has 0 radical (unpaired) electrons. The number of ether oxygens (including phenoxy) is 1. The number of nitrogens with one attached hydrogen (secondary N) is 1. The molecular weight excluding hydrogens is 380 g/mol. The van der Waals surface area contributed by atoms with Gasteiger partial charge in [-0.05, 0) is 24.6 Å². The predicted octanol–water partition coefficient (Wildman–Crippen LogP) is 1.27. The summed E-state index contributed by atoms with van der Waals surface area (Å²) in [4.78, 5) is 36.9. The number of carbonyl (C=O) groups excluding carboxylic acids is 2. The van der Waals surface area contributed by atoms with Crippen LogP contribution in [0.15, 0.2) is 28.7 Å². The second kappa shape index (κ2) is 8.25. The molecule has 130 valence electrons. The van der Waals surface area contributed by atoms with Gasteiger partial charge in [0.05, 0.1) is 19.1 Å². The van der Waals surface area contributed by atoms with Gasteiger partial charge in [0.25, 0.3) is 5.91 Å². The van der Waals surface area contributed by atoms with Crippen molar-refractivity contribution < 1.29 is 24.2 Å². The van der Waals surface area contributed by atoms with Crippen molar-refractivity contribution in [2.45, 2.75) is 25.0 Å². The zero-order chi connectivity index (χ0) is 17.7. The van der Waals surface area contributed by atoms with Gasteiger partial charge in [0.1, 0.15) is 0 Å². The summed E-state index contributed by atoms with van der Waals surface area (Å²) in [6.07, 6.45) is 0.165. The molecule has 1 aromatic rings. The molecule has 7 nitrogen and oxygen atoms in total. The lowest BCUT2D eigenvalue weighted by Gasteiger charge is -2.23. The van der Waals surface area contributed by atoms with Gasteiger partial charge >= 0.3 is 5.97 Å². The van der Waals surface area contributed by atoms with Crippen LogP contribution in [-0.4, -0.2) is 60.1 Å². The van der Waals surface area contributed by atoms with Crippen LogP contribution in [0.3, 0.4) is 0 Å². The summed E-state index contributed by atoms with van der Waals surface area (Å²) < 4.78 is 6.00. The Kier molecular flexibility index (Phi) is 6.33. The van der Waals surface area contributed by atoms with Gasteiger partial charge in [-0.1, -0.05) is 22.0 Å². The number of carbonyl (C=O) groups is 3. The van der Waals surface area contributed by atoms with E-state index < -0.39 is 12.0 Å². The number of aliphatic carboxylic acids is 1. The van der Waals surface area contributed by atoms with Crippen LogP contribution in [0.2, 0.25) is 0 Å². The summed E-state index contributed by atoms with van der Waals surface area (Å²) in [5, 5.41) is 11.5. The van der Waals surface area contributed by atoms with Crippen molar-refractivity contribution in [2.75, 3.05) is 20.2 Å². The Balaban J connectivity index is 1.95.